The third-order valence-corrected chi connectivity index (χ3v) is 4.47. The Morgan fingerprint density at radius 1 is 1.20 bits per heavy atom. The molecule has 0 bridgehead atoms. The van der Waals surface area contributed by atoms with Gasteiger partial charge in [-0.05, 0) is 30.5 Å². The first-order chi connectivity index (χ1) is 9.67. The van der Waals surface area contributed by atoms with E-state index in [1.54, 1.807) is 0 Å². The summed E-state index contributed by atoms with van der Waals surface area (Å²) < 4.78 is 1.01. The predicted octanol–water partition coefficient (Wildman–Crippen LogP) is 5.23. The number of rotatable bonds is 10. The molecule has 2 nitrogen and oxygen atoms in total. The zero-order valence-electron chi connectivity index (χ0n) is 12.3. The van der Waals surface area contributed by atoms with Crippen LogP contribution in [0.25, 0.3) is 0 Å². The van der Waals surface area contributed by atoms with Crippen LogP contribution >= 0.6 is 27.5 Å². The van der Waals surface area contributed by atoms with Crippen LogP contribution in [0.3, 0.4) is 0 Å². The summed E-state index contributed by atoms with van der Waals surface area (Å²) in [5.41, 5.74) is 4.08. The zero-order valence-corrected chi connectivity index (χ0v) is 14.6. The highest BCUT2D eigenvalue weighted by molar-refractivity contribution is 9.10. The van der Waals surface area contributed by atoms with Crippen LogP contribution < -0.4 is 11.3 Å². The van der Waals surface area contributed by atoms with E-state index in [1.165, 1.54) is 38.5 Å². The molecule has 0 spiro atoms. The Morgan fingerprint density at radius 2 is 1.90 bits per heavy atom. The van der Waals surface area contributed by atoms with E-state index in [4.69, 9.17) is 17.4 Å². The average Bonchev–Trinajstić information content (AvgIpc) is 2.43. The first-order valence-electron chi connectivity index (χ1n) is 7.57. The molecule has 1 aromatic rings. The Hall–Kier alpha value is -0.0900. The van der Waals surface area contributed by atoms with Crippen LogP contribution in [0.4, 0.5) is 0 Å². The number of nitrogens with two attached hydrogens (primary N) is 1. The van der Waals surface area contributed by atoms with Gasteiger partial charge >= 0.3 is 0 Å². The minimum atomic E-state index is 0.305. The van der Waals surface area contributed by atoms with Crippen LogP contribution in [-0.4, -0.2) is 6.04 Å². The van der Waals surface area contributed by atoms with Crippen LogP contribution in [0, 0.1) is 0 Å². The molecule has 1 unspecified atom stereocenters. The molecule has 0 fully saturated rings. The number of hydrogen-bond acceptors (Lipinski definition) is 2. The van der Waals surface area contributed by atoms with Crippen LogP contribution in [0.5, 0.6) is 0 Å². The fraction of sp³-hybridized carbons (Fsp3) is 0.625. The fourth-order valence-electron chi connectivity index (χ4n) is 2.37. The SMILES string of the molecule is CCCCCCCCC(Cc1ccc(Br)cc1Cl)NN. The molecular weight excluding hydrogens is 336 g/mol. The van der Waals surface area contributed by atoms with Gasteiger partial charge in [0, 0.05) is 15.5 Å². The molecule has 0 heterocycles. The Balaban J connectivity index is 2.31. The molecule has 3 N–H and O–H groups in total. The van der Waals surface area contributed by atoms with Crippen LogP contribution in [-0.2, 0) is 6.42 Å². The normalized spacial score (nSPS) is 12.6. The molecule has 0 aliphatic carbocycles. The average molecular weight is 362 g/mol. The molecule has 114 valence electrons. The maximum Gasteiger partial charge on any atom is 0.0449 e. The molecule has 4 heteroatoms. The van der Waals surface area contributed by atoms with Gasteiger partial charge in [-0.25, -0.2) is 0 Å². The molecule has 0 saturated heterocycles. The fourth-order valence-corrected chi connectivity index (χ4v) is 3.12. The Labute approximate surface area is 136 Å². The van der Waals surface area contributed by atoms with Crippen molar-refractivity contribution in [2.75, 3.05) is 0 Å². The smallest absolute Gasteiger partial charge is 0.0449 e. The largest absolute Gasteiger partial charge is 0.271 e. The van der Waals surface area contributed by atoms with Crippen molar-refractivity contribution in [3.63, 3.8) is 0 Å². The molecule has 0 amide bonds. The van der Waals surface area contributed by atoms with E-state index in [9.17, 15) is 0 Å². The minimum absolute atomic E-state index is 0.305. The number of unbranched alkanes of at least 4 members (excludes halogenated alkanes) is 5. The van der Waals surface area contributed by atoms with E-state index in [2.05, 4.69) is 34.3 Å². The molecule has 0 aromatic heterocycles. The van der Waals surface area contributed by atoms with Crippen LogP contribution in [0.2, 0.25) is 5.02 Å². The standard InChI is InChI=1S/C16H26BrClN2/c1-2-3-4-5-6-7-8-15(20-19)11-13-9-10-14(17)12-16(13)18/h9-10,12,15,20H,2-8,11,19H2,1H3. The molecule has 1 rings (SSSR count). The predicted molar refractivity (Wildman–Crippen MR) is 92.0 cm³/mol. The first-order valence-corrected chi connectivity index (χ1v) is 8.74. The summed E-state index contributed by atoms with van der Waals surface area (Å²) in [5.74, 6) is 5.66. The lowest BCUT2D eigenvalue weighted by molar-refractivity contribution is 0.459. The maximum atomic E-state index is 6.25. The lowest BCUT2D eigenvalue weighted by Gasteiger charge is -2.16. The Morgan fingerprint density at radius 3 is 2.55 bits per heavy atom. The van der Waals surface area contributed by atoms with Gasteiger partial charge in [0.05, 0.1) is 0 Å². The molecule has 0 saturated carbocycles. The first kappa shape index (κ1) is 18.0. The summed E-state index contributed by atoms with van der Waals surface area (Å²) in [5, 5.41) is 0.808. The van der Waals surface area contributed by atoms with E-state index in [1.807, 2.05) is 12.1 Å². The van der Waals surface area contributed by atoms with Crippen LogP contribution in [0.15, 0.2) is 22.7 Å². The number of hydrazine groups is 1. The van der Waals surface area contributed by atoms with Gasteiger partial charge in [0.1, 0.15) is 0 Å². The third kappa shape index (κ3) is 7.07. The third-order valence-electron chi connectivity index (χ3n) is 3.62. The second kappa shape index (κ2) is 10.6. The zero-order chi connectivity index (χ0) is 14.8. The highest BCUT2D eigenvalue weighted by Gasteiger charge is 2.10. The van der Waals surface area contributed by atoms with Crippen molar-refractivity contribution in [2.24, 2.45) is 5.84 Å². The monoisotopic (exact) mass is 360 g/mol. The summed E-state index contributed by atoms with van der Waals surface area (Å²) >= 11 is 9.68. The van der Waals surface area contributed by atoms with E-state index in [0.29, 0.717) is 6.04 Å². The lowest BCUT2D eigenvalue weighted by Crippen LogP contribution is -2.36. The van der Waals surface area contributed by atoms with Crippen molar-refractivity contribution < 1.29 is 0 Å². The maximum absolute atomic E-state index is 6.25. The number of nitrogens with one attached hydrogen (secondary N) is 1. The summed E-state index contributed by atoms with van der Waals surface area (Å²) in [6.07, 6.45) is 9.87. The second-order valence-electron chi connectivity index (χ2n) is 5.36. The molecule has 0 aliphatic rings. The Kier molecular flexibility index (Phi) is 9.53. The van der Waals surface area contributed by atoms with Crippen molar-refractivity contribution in [2.45, 2.75) is 64.3 Å². The molecule has 1 aromatic carbocycles. The highest BCUT2D eigenvalue weighted by atomic mass is 79.9. The van der Waals surface area contributed by atoms with Gasteiger partial charge in [-0.2, -0.15) is 0 Å². The van der Waals surface area contributed by atoms with E-state index in [0.717, 1.165) is 27.9 Å². The lowest BCUT2D eigenvalue weighted by atomic mass is 10.00. The van der Waals surface area contributed by atoms with Gasteiger partial charge in [-0.15, -0.1) is 0 Å². The van der Waals surface area contributed by atoms with Crippen molar-refractivity contribution in [1.29, 1.82) is 0 Å². The van der Waals surface area contributed by atoms with E-state index in [-0.39, 0.29) is 0 Å². The topological polar surface area (TPSA) is 38.0 Å². The van der Waals surface area contributed by atoms with Crippen molar-refractivity contribution in [3.8, 4) is 0 Å². The summed E-state index contributed by atoms with van der Waals surface area (Å²) in [6, 6.07) is 6.34. The highest BCUT2D eigenvalue weighted by Crippen LogP contribution is 2.23. The summed E-state index contributed by atoms with van der Waals surface area (Å²) in [6.45, 7) is 2.25. The van der Waals surface area contributed by atoms with Gasteiger partial charge in [0.2, 0.25) is 0 Å². The van der Waals surface area contributed by atoms with Crippen molar-refractivity contribution in [3.05, 3.63) is 33.3 Å². The van der Waals surface area contributed by atoms with Gasteiger partial charge in [-0.1, -0.05) is 79.0 Å². The molecule has 0 radical (unpaired) electrons. The van der Waals surface area contributed by atoms with Crippen molar-refractivity contribution >= 4 is 27.5 Å². The number of halogens is 2. The van der Waals surface area contributed by atoms with Gasteiger partial charge in [-0.3, -0.25) is 11.3 Å². The quantitative estimate of drug-likeness (QED) is 0.340. The number of benzene rings is 1. The molecule has 1 atom stereocenters. The van der Waals surface area contributed by atoms with Gasteiger partial charge in [0.25, 0.3) is 0 Å². The van der Waals surface area contributed by atoms with E-state index >= 15 is 0 Å². The minimum Gasteiger partial charge on any atom is -0.271 e. The van der Waals surface area contributed by atoms with Crippen LogP contribution in [0.1, 0.15) is 57.4 Å². The Bertz CT molecular complexity index is 385. The molecule has 0 aliphatic heterocycles. The molecular formula is C16H26BrClN2. The van der Waals surface area contributed by atoms with Gasteiger partial charge < -0.3 is 0 Å². The van der Waals surface area contributed by atoms with E-state index < -0.39 is 0 Å². The summed E-state index contributed by atoms with van der Waals surface area (Å²) in [4.78, 5) is 0. The molecule has 20 heavy (non-hydrogen) atoms. The van der Waals surface area contributed by atoms with Crippen molar-refractivity contribution in [1.82, 2.24) is 5.43 Å². The second-order valence-corrected chi connectivity index (χ2v) is 6.68. The number of hydrogen-bond donors (Lipinski definition) is 2. The summed E-state index contributed by atoms with van der Waals surface area (Å²) in [7, 11) is 0. The van der Waals surface area contributed by atoms with Gasteiger partial charge in [0.15, 0.2) is 0 Å².